The Bertz CT molecular complexity index is 1430. The molecular weight excluding hydrogens is 442 g/mol. The van der Waals surface area contributed by atoms with Crippen molar-refractivity contribution in [2.24, 2.45) is 0 Å². The Labute approximate surface area is 193 Å². The first-order valence-electron chi connectivity index (χ1n) is 11.0. The molecule has 0 unspecified atom stereocenters. The van der Waals surface area contributed by atoms with Crippen LogP contribution in [0, 0.1) is 11.6 Å². The Morgan fingerprint density at radius 1 is 1.18 bits per heavy atom. The Kier molecular flexibility index (Phi) is 5.66. The number of H-pyrrole nitrogens is 1. The molecule has 1 saturated heterocycles. The van der Waals surface area contributed by atoms with E-state index in [0.29, 0.717) is 16.6 Å². The lowest BCUT2D eigenvalue weighted by Gasteiger charge is -2.24. The molecule has 8 nitrogen and oxygen atoms in total. The minimum Gasteiger partial charge on any atom is -0.334 e. The molecule has 1 amide bonds. The number of amides is 1. The average Bonchev–Trinajstić information content (AvgIpc) is 3.50. The molecule has 0 aliphatic carbocycles. The first kappa shape index (κ1) is 21.9. The molecule has 0 radical (unpaired) electrons. The maximum Gasteiger partial charge on any atom is 0.258 e. The third-order valence-electron chi connectivity index (χ3n) is 6.11. The van der Waals surface area contributed by atoms with E-state index in [-0.39, 0.29) is 28.7 Å². The number of carbonyl (C=O) groups is 1. The Balaban J connectivity index is 1.40. The molecule has 10 heteroatoms. The highest BCUT2D eigenvalue weighted by Gasteiger charge is 2.28. The van der Waals surface area contributed by atoms with Gasteiger partial charge in [0.1, 0.15) is 5.69 Å². The van der Waals surface area contributed by atoms with Crippen LogP contribution in [0.25, 0.3) is 27.8 Å². The topological polar surface area (TPSA) is 95.9 Å². The maximum atomic E-state index is 13.6. The van der Waals surface area contributed by atoms with E-state index in [4.69, 9.17) is 0 Å². The fourth-order valence-electron chi connectivity index (χ4n) is 4.38. The fourth-order valence-corrected chi connectivity index (χ4v) is 4.38. The van der Waals surface area contributed by atoms with Gasteiger partial charge in [-0.15, -0.1) is 5.10 Å². The van der Waals surface area contributed by atoms with Crippen molar-refractivity contribution < 1.29 is 13.6 Å². The average molecular weight is 464 g/mol. The van der Waals surface area contributed by atoms with Crippen LogP contribution in [-0.4, -0.2) is 57.0 Å². The SMILES string of the molecule is CNC[C@@H]1CCCN1C(=O)c1ccc(-n2cc(-c3cc4cc(F)c(F)cc4[nH]c3=O)nn2)cc1. The summed E-state index contributed by atoms with van der Waals surface area (Å²) < 4.78 is 28.6. The van der Waals surface area contributed by atoms with Gasteiger partial charge in [-0.3, -0.25) is 9.59 Å². The van der Waals surface area contributed by atoms with Crippen LogP contribution in [-0.2, 0) is 0 Å². The quantitative estimate of drug-likeness (QED) is 0.474. The lowest BCUT2D eigenvalue weighted by molar-refractivity contribution is 0.0737. The predicted molar refractivity (Wildman–Crippen MR) is 123 cm³/mol. The second-order valence-corrected chi connectivity index (χ2v) is 8.31. The third-order valence-corrected chi connectivity index (χ3v) is 6.11. The van der Waals surface area contributed by atoms with E-state index in [0.717, 1.165) is 38.1 Å². The fraction of sp³-hybridized carbons (Fsp3) is 0.250. The van der Waals surface area contributed by atoms with Gasteiger partial charge in [0.25, 0.3) is 11.5 Å². The van der Waals surface area contributed by atoms with Crippen molar-refractivity contribution in [2.45, 2.75) is 18.9 Å². The molecule has 0 saturated carbocycles. The van der Waals surface area contributed by atoms with Gasteiger partial charge in [-0.05, 0) is 56.3 Å². The molecule has 1 aliphatic rings. The molecule has 2 aromatic heterocycles. The molecule has 0 bridgehead atoms. The number of hydrogen-bond donors (Lipinski definition) is 2. The van der Waals surface area contributed by atoms with E-state index in [1.54, 1.807) is 30.5 Å². The molecule has 34 heavy (non-hydrogen) atoms. The molecule has 1 aliphatic heterocycles. The number of carbonyl (C=O) groups excluding carboxylic acids is 1. The number of pyridine rings is 1. The molecule has 1 fully saturated rings. The lowest BCUT2D eigenvalue weighted by Crippen LogP contribution is -2.40. The Morgan fingerprint density at radius 2 is 1.94 bits per heavy atom. The van der Waals surface area contributed by atoms with Gasteiger partial charge in [-0.1, -0.05) is 5.21 Å². The molecular formula is C24H22F2N6O2. The minimum atomic E-state index is -1.04. The summed E-state index contributed by atoms with van der Waals surface area (Å²) in [5, 5.41) is 11.6. The second-order valence-electron chi connectivity index (χ2n) is 8.31. The minimum absolute atomic E-state index is 0.00468. The standard InChI is InChI=1S/C24H22F2N6O2/c1-27-12-17-3-2-8-31(17)24(34)14-4-6-16(7-5-14)32-13-22(29-30-32)18-9-15-10-19(25)20(26)11-21(15)28-23(18)33/h4-7,9-11,13,17,27H,2-3,8,12H2,1H3,(H,28,33)/t17-/m0/s1. The van der Waals surface area contributed by atoms with Gasteiger partial charge in [0.05, 0.1) is 23.0 Å². The van der Waals surface area contributed by atoms with E-state index in [1.807, 2.05) is 11.9 Å². The summed E-state index contributed by atoms with van der Waals surface area (Å²) >= 11 is 0. The van der Waals surface area contributed by atoms with E-state index in [9.17, 15) is 18.4 Å². The van der Waals surface area contributed by atoms with Crippen molar-refractivity contribution in [1.82, 2.24) is 30.2 Å². The predicted octanol–water partition coefficient (Wildman–Crippen LogP) is 2.88. The van der Waals surface area contributed by atoms with Crippen LogP contribution in [0.3, 0.4) is 0 Å². The number of hydrogen-bond acceptors (Lipinski definition) is 5. The van der Waals surface area contributed by atoms with Crippen molar-refractivity contribution in [3.05, 3.63) is 76.2 Å². The largest absolute Gasteiger partial charge is 0.334 e. The summed E-state index contributed by atoms with van der Waals surface area (Å²) in [6.45, 7) is 1.51. The summed E-state index contributed by atoms with van der Waals surface area (Å²) in [6, 6.07) is 10.6. The maximum absolute atomic E-state index is 13.6. The van der Waals surface area contributed by atoms with Crippen LogP contribution in [0.2, 0.25) is 0 Å². The van der Waals surface area contributed by atoms with Crippen LogP contribution < -0.4 is 10.9 Å². The van der Waals surface area contributed by atoms with Gasteiger partial charge in [0, 0.05) is 36.1 Å². The van der Waals surface area contributed by atoms with E-state index in [1.165, 1.54) is 10.7 Å². The summed E-state index contributed by atoms with van der Waals surface area (Å²) in [7, 11) is 1.88. The van der Waals surface area contributed by atoms with Crippen molar-refractivity contribution >= 4 is 16.8 Å². The van der Waals surface area contributed by atoms with Gasteiger partial charge >= 0.3 is 0 Å². The van der Waals surface area contributed by atoms with Gasteiger partial charge in [-0.2, -0.15) is 0 Å². The molecule has 4 aromatic rings. The summed E-state index contributed by atoms with van der Waals surface area (Å²) in [6.07, 6.45) is 3.55. The zero-order valence-electron chi connectivity index (χ0n) is 18.4. The van der Waals surface area contributed by atoms with Crippen LogP contribution in [0.4, 0.5) is 8.78 Å². The number of benzene rings is 2. The highest BCUT2D eigenvalue weighted by molar-refractivity contribution is 5.94. The molecule has 2 aromatic carbocycles. The molecule has 5 rings (SSSR count). The Hall–Kier alpha value is -3.92. The van der Waals surface area contributed by atoms with Crippen molar-refractivity contribution in [1.29, 1.82) is 0 Å². The van der Waals surface area contributed by atoms with Crippen LogP contribution in [0.1, 0.15) is 23.2 Å². The number of nitrogens with zero attached hydrogens (tertiary/aromatic N) is 4. The Morgan fingerprint density at radius 3 is 2.71 bits per heavy atom. The van der Waals surface area contributed by atoms with Gasteiger partial charge in [0.2, 0.25) is 0 Å². The zero-order valence-corrected chi connectivity index (χ0v) is 18.4. The zero-order chi connectivity index (χ0) is 23.8. The highest BCUT2D eigenvalue weighted by Crippen LogP contribution is 2.23. The molecule has 1 atom stereocenters. The summed E-state index contributed by atoms with van der Waals surface area (Å²) in [4.78, 5) is 29.9. The molecule has 3 heterocycles. The first-order chi connectivity index (χ1) is 16.4. The van der Waals surface area contributed by atoms with Crippen molar-refractivity contribution in [3.63, 3.8) is 0 Å². The van der Waals surface area contributed by atoms with E-state index < -0.39 is 17.2 Å². The number of fused-ring (bicyclic) bond motifs is 1. The van der Waals surface area contributed by atoms with E-state index in [2.05, 4.69) is 20.6 Å². The number of rotatable bonds is 5. The lowest BCUT2D eigenvalue weighted by atomic mass is 10.1. The third kappa shape index (κ3) is 3.96. The van der Waals surface area contributed by atoms with Gasteiger partial charge in [-0.25, -0.2) is 13.5 Å². The smallest absolute Gasteiger partial charge is 0.258 e. The molecule has 174 valence electrons. The normalized spacial score (nSPS) is 15.9. The van der Waals surface area contributed by atoms with Gasteiger partial charge < -0.3 is 15.2 Å². The number of nitrogens with one attached hydrogen (secondary N) is 2. The number of halogens is 2. The number of aromatic nitrogens is 4. The number of likely N-dealkylation sites (N-methyl/N-ethyl adjacent to an activating group) is 1. The number of aromatic amines is 1. The number of likely N-dealkylation sites (tertiary alicyclic amines) is 1. The highest BCUT2D eigenvalue weighted by atomic mass is 19.2. The first-order valence-corrected chi connectivity index (χ1v) is 11.0. The van der Waals surface area contributed by atoms with Crippen molar-refractivity contribution in [2.75, 3.05) is 20.1 Å². The second kappa shape index (κ2) is 8.79. The molecule has 0 spiro atoms. The van der Waals surface area contributed by atoms with Crippen molar-refractivity contribution in [3.8, 4) is 16.9 Å². The monoisotopic (exact) mass is 464 g/mol. The van der Waals surface area contributed by atoms with Crippen LogP contribution in [0.5, 0.6) is 0 Å². The van der Waals surface area contributed by atoms with Crippen LogP contribution >= 0.6 is 0 Å². The molecule has 2 N–H and O–H groups in total. The summed E-state index contributed by atoms with van der Waals surface area (Å²) in [5.41, 5.74) is 1.41. The van der Waals surface area contributed by atoms with E-state index >= 15 is 0 Å². The summed E-state index contributed by atoms with van der Waals surface area (Å²) in [5.74, 6) is -2.05. The van der Waals surface area contributed by atoms with Gasteiger partial charge in [0.15, 0.2) is 11.6 Å². The van der Waals surface area contributed by atoms with Crippen LogP contribution in [0.15, 0.2) is 53.5 Å².